The standard InChI is InChI=1S/C21H32N2O2S/c1-5-16(6-2)21(25)23-13-11-18(12-14-23)22-20(24)17-7-9-19(10-8-17)26-15(3)4/h7-10,15-16,18H,5-6,11-14H2,1-4H3,(H,22,24). The van der Waals surface area contributed by atoms with E-state index in [0.29, 0.717) is 10.8 Å². The summed E-state index contributed by atoms with van der Waals surface area (Å²) >= 11 is 1.79. The van der Waals surface area contributed by atoms with Gasteiger partial charge in [0, 0.05) is 40.8 Å². The molecular weight excluding hydrogens is 344 g/mol. The third-order valence-electron chi connectivity index (χ3n) is 4.96. The number of carbonyl (C=O) groups excluding carboxylic acids is 2. The molecule has 1 aromatic rings. The molecule has 0 saturated carbocycles. The van der Waals surface area contributed by atoms with E-state index in [-0.39, 0.29) is 23.8 Å². The molecule has 1 heterocycles. The van der Waals surface area contributed by atoms with Crippen LogP contribution in [0.25, 0.3) is 0 Å². The minimum absolute atomic E-state index is 0.0177. The van der Waals surface area contributed by atoms with Crippen LogP contribution in [0.5, 0.6) is 0 Å². The van der Waals surface area contributed by atoms with Crippen molar-refractivity contribution in [2.24, 2.45) is 5.92 Å². The highest BCUT2D eigenvalue weighted by Crippen LogP contribution is 2.23. The molecule has 0 radical (unpaired) electrons. The van der Waals surface area contributed by atoms with Crippen molar-refractivity contribution in [2.75, 3.05) is 13.1 Å². The van der Waals surface area contributed by atoms with Crippen molar-refractivity contribution in [1.82, 2.24) is 10.2 Å². The second-order valence-electron chi connectivity index (χ2n) is 7.28. The summed E-state index contributed by atoms with van der Waals surface area (Å²) in [7, 11) is 0. The monoisotopic (exact) mass is 376 g/mol. The maximum Gasteiger partial charge on any atom is 0.251 e. The normalized spacial score (nSPS) is 15.5. The molecule has 1 aliphatic heterocycles. The number of nitrogens with one attached hydrogen (secondary N) is 1. The molecule has 26 heavy (non-hydrogen) atoms. The number of amides is 2. The average molecular weight is 377 g/mol. The Hall–Kier alpha value is -1.49. The molecule has 2 amide bonds. The van der Waals surface area contributed by atoms with E-state index in [1.807, 2.05) is 29.2 Å². The van der Waals surface area contributed by atoms with Crippen LogP contribution >= 0.6 is 11.8 Å². The molecular formula is C21H32N2O2S. The number of hydrogen-bond donors (Lipinski definition) is 1. The molecule has 1 aliphatic rings. The summed E-state index contributed by atoms with van der Waals surface area (Å²) in [5, 5.41) is 3.66. The van der Waals surface area contributed by atoms with E-state index < -0.39 is 0 Å². The Balaban J connectivity index is 1.83. The maximum absolute atomic E-state index is 12.5. The van der Waals surface area contributed by atoms with E-state index in [4.69, 9.17) is 0 Å². The fourth-order valence-corrected chi connectivity index (χ4v) is 4.20. The summed E-state index contributed by atoms with van der Waals surface area (Å²) in [5.74, 6) is 0.400. The van der Waals surface area contributed by atoms with Gasteiger partial charge in [-0.15, -0.1) is 11.8 Å². The number of piperidine rings is 1. The summed E-state index contributed by atoms with van der Waals surface area (Å²) < 4.78 is 0. The van der Waals surface area contributed by atoms with Crippen molar-refractivity contribution >= 4 is 23.6 Å². The van der Waals surface area contributed by atoms with Crippen LogP contribution in [-0.4, -0.2) is 41.1 Å². The average Bonchev–Trinajstić information content (AvgIpc) is 2.63. The molecule has 0 spiro atoms. The largest absolute Gasteiger partial charge is 0.349 e. The smallest absolute Gasteiger partial charge is 0.251 e. The number of thioether (sulfide) groups is 1. The van der Waals surface area contributed by atoms with Crippen molar-refractivity contribution in [1.29, 1.82) is 0 Å². The number of hydrogen-bond acceptors (Lipinski definition) is 3. The van der Waals surface area contributed by atoms with Gasteiger partial charge in [0.2, 0.25) is 5.91 Å². The van der Waals surface area contributed by atoms with Crippen LogP contribution in [0.15, 0.2) is 29.2 Å². The molecule has 1 aromatic carbocycles. The summed E-state index contributed by atoms with van der Waals surface area (Å²) in [5.41, 5.74) is 0.702. The van der Waals surface area contributed by atoms with Gasteiger partial charge in [0.05, 0.1) is 0 Å². The van der Waals surface area contributed by atoms with E-state index in [1.165, 1.54) is 4.90 Å². The maximum atomic E-state index is 12.5. The van der Waals surface area contributed by atoms with E-state index >= 15 is 0 Å². The van der Waals surface area contributed by atoms with Crippen molar-refractivity contribution < 1.29 is 9.59 Å². The highest BCUT2D eigenvalue weighted by molar-refractivity contribution is 7.99. The van der Waals surface area contributed by atoms with Crippen molar-refractivity contribution in [3.8, 4) is 0 Å². The van der Waals surface area contributed by atoms with Gasteiger partial charge in [0.15, 0.2) is 0 Å². The zero-order valence-corrected chi connectivity index (χ0v) is 17.3. The van der Waals surface area contributed by atoms with Crippen LogP contribution in [-0.2, 0) is 4.79 Å². The Kier molecular flexibility index (Phi) is 8.01. The molecule has 5 heteroatoms. The van der Waals surface area contributed by atoms with Crippen LogP contribution in [0.1, 0.15) is 63.7 Å². The lowest BCUT2D eigenvalue weighted by Gasteiger charge is -2.34. The topological polar surface area (TPSA) is 49.4 Å². The fourth-order valence-electron chi connectivity index (χ4n) is 3.37. The number of likely N-dealkylation sites (tertiary alicyclic amines) is 1. The van der Waals surface area contributed by atoms with Crippen molar-refractivity contribution in [2.45, 2.75) is 69.6 Å². The lowest BCUT2D eigenvalue weighted by molar-refractivity contribution is -0.136. The molecule has 0 aliphatic carbocycles. The van der Waals surface area contributed by atoms with Gasteiger partial charge >= 0.3 is 0 Å². The number of rotatable bonds is 7. The molecule has 2 rings (SSSR count). The number of benzene rings is 1. The summed E-state index contributed by atoms with van der Waals surface area (Å²) in [6, 6.07) is 7.96. The third kappa shape index (κ3) is 5.76. The molecule has 0 aromatic heterocycles. The van der Waals surface area contributed by atoms with Gasteiger partial charge in [-0.25, -0.2) is 0 Å². The van der Waals surface area contributed by atoms with Crippen molar-refractivity contribution in [3.63, 3.8) is 0 Å². The van der Waals surface area contributed by atoms with E-state index in [9.17, 15) is 9.59 Å². The molecule has 0 unspecified atom stereocenters. The summed E-state index contributed by atoms with van der Waals surface area (Å²) in [6.07, 6.45) is 3.46. The van der Waals surface area contributed by atoms with Gasteiger partial charge in [-0.2, -0.15) is 0 Å². The first-order valence-corrected chi connectivity index (χ1v) is 10.7. The van der Waals surface area contributed by atoms with E-state index in [0.717, 1.165) is 38.8 Å². The number of carbonyl (C=O) groups is 2. The second-order valence-corrected chi connectivity index (χ2v) is 8.93. The van der Waals surface area contributed by atoms with Crippen LogP contribution in [0.3, 0.4) is 0 Å². The third-order valence-corrected chi connectivity index (χ3v) is 5.98. The zero-order chi connectivity index (χ0) is 19.1. The lowest BCUT2D eigenvalue weighted by Crippen LogP contribution is -2.48. The Morgan fingerprint density at radius 2 is 1.69 bits per heavy atom. The Morgan fingerprint density at radius 3 is 2.19 bits per heavy atom. The van der Waals surface area contributed by atoms with Crippen LogP contribution < -0.4 is 5.32 Å². The van der Waals surface area contributed by atoms with E-state index in [2.05, 4.69) is 33.0 Å². The predicted octanol–water partition coefficient (Wildman–Crippen LogP) is 4.34. The quantitative estimate of drug-likeness (QED) is 0.720. The molecule has 1 saturated heterocycles. The fraction of sp³-hybridized carbons (Fsp3) is 0.619. The highest BCUT2D eigenvalue weighted by atomic mass is 32.2. The van der Waals surface area contributed by atoms with Crippen LogP contribution in [0.4, 0.5) is 0 Å². The van der Waals surface area contributed by atoms with Crippen LogP contribution in [0, 0.1) is 5.92 Å². The minimum atomic E-state index is -0.0177. The number of nitrogens with zero attached hydrogens (tertiary/aromatic N) is 1. The predicted molar refractivity (Wildman–Crippen MR) is 109 cm³/mol. The first kappa shape index (κ1) is 20.8. The van der Waals surface area contributed by atoms with Crippen molar-refractivity contribution in [3.05, 3.63) is 29.8 Å². The Bertz CT molecular complexity index is 589. The van der Waals surface area contributed by atoms with Gasteiger partial charge in [0.1, 0.15) is 0 Å². The molecule has 1 N–H and O–H groups in total. The first-order chi connectivity index (χ1) is 12.4. The minimum Gasteiger partial charge on any atom is -0.349 e. The second kappa shape index (κ2) is 10.0. The molecule has 0 bridgehead atoms. The van der Waals surface area contributed by atoms with Gasteiger partial charge in [-0.3, -0.25) is 9.59 Å². The van der Waals surface area contributed by atoms with Gasteiger partial charge < -0.3 is 10.2 Å². The Labute approximate surface area is 162 Å². The molecule has 0 atom stereocenters. The van der Waals surface area contributed by atoms with Gasteiger partial charge in [-0.1, -0.05) is 27.7 Å². The molecule has 144 valence electrons. The van der Waals surface area contributed by atoms with Gasteiger partial charge in [0.25, 0.3) is 5.91 Å². The summed E-state index contributed by atoms with van der Waals surface area (Å²) in [4.78, 5) is 28.1. The highest BCUT2D eigenvalue weighted by Gasteiger charge is 2.27. The zero-order valence-electron chi connectivity index (χ0n) is 16.5. The SMILES string of the molecule is CCC(CC)C(=O)N1CCC(NC(=O)c2ccc(SC(C)C)cc2)CC1. The molecule has 4 nitrogen and oxygen atoms in total. The van der Waals surface area contributed by atoms with E-state index in [1.54, 1.807) is 11.8 Å². The first-order valence-electron chi connectivity index (χ1n) is 9.80. The summed E-state index contributed by atoms with van der Waals surface area (Å²) in [6.45, 7) is 9.94. The van der Waals surface area contributed by atoms with Gasteiger partial charge in [-0.05, 0) is 49.9 Å². The van der Waals surface area contributed by atoms with Crippen LogP contribution in [0.2, 0.25) is 0 Å². The lowest BCUT2D eigenvalue weighted by atomic mass is 9.98. The Morgan fingerprint density at radius 1 is 1.12 bits per heavy atom. The molecule has 1 fully saturated rings.